The predicted molar refractivity (Wildman–Crippen MR) is 86.0 cm³/mol. The normalized spacial score (nSPS) is 12.2. The molecule has 106 valence electrons. The first-order valence-corrected chi connectivity index (χ1v) is 7.60. The summed E-state index contributed by atoms with van der Waals surface area (Å²) < 4.78 is 5.93. The summed E-state index contributed by atoms with van der Waals surface area (Å²) in [6, 6.07) is 14.4. The molecular formula is C18H21ClO. The first-order chi connectivity index (χ1) is 9.63. The number of alkyl halides is 1. The molecule has 0 fully saturated rings. The average molecular weight is 289 g/mol. The van der Waals surface area contributed by atoms with Crippen molar-refractivity contribution in [1.29, 1.82) is 0 Å². The van der Waals surface area contributed by atoms with Gasteiger partial charge in [-0.3, -0.25) is 0 Å². The van der Waals surface area contributed by atoms with Crippen LogP contribution in [-0.4, -0.2) is 0 Å². The summed E-state index contributed by atoms with van der Waals surface area (Å²) in [5.74, 6) is 2.88. The fourth-order valence-corrected chi connectivity index (χ4v) is 2.30. The lowest BCUT2D eigenvalue weighted by Gasteiger charge is -2.12. The minimum absolute atomic E-state index is 0.532. The van der Waals surface area contributed by atoms with Crippen molar-refractivity contribution in [1.82, 2.24) is 0 Å². The first kappa shape index (κ1) is 14.9. The van der Waals surface area contributed by atoms with Crippen molar-refractivity contribution in [3.05, 3.63) is 59.2 Å². The number of hydrogen-bond donors (Lipinski definition) is 0. The van der Waals surface area contributed by atoms with Crippen molar-refractivity contribution in [2.45, 2.75) is 39.0 Å². The van der Waals surface area contributed by atoms with E-state index in [1.165, 1.54) is 5.56 Å². The zero-order chi connectivity index (χ0) is 14.5. The summed E-state index contributed by atoms with van der Waals surface area (Å²) in [5.41, 5.74) is 3.58. The zero-order valence-electron chi connectivity index (χ0n) is 12.3. The van der Waals surface area contributed by atoms with Gasteiger partial charge in [0, 0.05) is 5.88 Å². The molecule has 0 aromatic heterocycles. The Labute approximate surface area is 126 Å². The number of aryl methyl sites for hydroxylation is 1. The second kappa shape index (κ2) is 6.81. The van der Waals surface area contributed by atoms with Crippen LogP contribution in [0.15, 0.2) is 42.5 Å². The number of halogens is 1. The van der Waals surface area contributed by atoms with Crippen LogP contribution in [0.25, 0.3) is 0 Å². The minimum atomic E-state index is 0.532. The van der Waals surface area contributed by atoms with E-state index in [0.29, 0.717) is 11.8 Å². The molecule has 1 unspecified atom stereocenters. The molecule has 0 aliphatic heterocycles. The quantitative estimate of drug-likeness (QED) is 0.609. The summed E-state index contributed by atoms with van der Waals surface area (Å²) in [6.07, 6.45) is 1.15. The Balaban J connectivity index is 2.14. The van der Waals surface area contributed by atoms with Crippen LogP contribution in [0, 0.1) is 6.92 Å². The molecule has 0 aliphatic rings. The van der Waals surface area contributed by atoms with Crippen molar-refractivity contribution < 1.29 is 4.74 Å². The lowest BCUT2D eigenvalue weighted by atomic mass is 9.99. The van der Waals surface area contributed by atoms with Gasteiger partial charge >= 0.3 is 0 Å². The highest BCUT2D eigenvalue weighted by Gasteiger charge is 2.05. The van der Waals surface area contributed by atoms with E-state index in [9.17, 15) is 0 Å². The van der Waals surface area contributed by atoms with Gasteiger partial charge in [-0.05, 0) is 54.2 Å². The summed E-state index contributed by atoms with van der Waals surface area (Å²) >= 11 is 5.83. The zero-order valence-corrected chi connectivity index (χ0v) is 13.1. The van der Waals surface area contributed by atoms with E-state index < -0.39 is 0 Å². The molecule has 0 N–H and O–H groups in total. The maximum absolute atomic E-state index is 5.93. The predicted octanol–water partition coefficient (Wildman–Crippen LogP) is 6.04. The van der Waals surface area contributed by atoms with E-state index in [-0.39, 0.29) is 0 Å². The van der Waals surface area contributed by atoms with Crippen LogP contribution in [0.2, 0.25) is 0 Å². The smallest absolute Gasteiger partial charge is 0.130 e. The van der Waals surface area contributed by atoms with E-state index in [1.807, 2.05) is 31.2 Å². The van der Waals surface area contributed by atoms with Crippen LogP contribution in [0.1, 0.15) is 42.9 Å². The van der Waals surface area contributed by atoms with Crippen LogP contribution in [0.3, 0.4) is 0 Å². The molecule has 2 aromatic carbocycles. The van der Waals surface area contributed by atoms with Gasteiger partial charge in [0.05, 0.1) is 0 Å². The van der Waals surface area contributed by atoms with Crippen molar-refractivity contribution in [2.24, 2.45) is 0 Å². The van der Waals surface area contributed by atoms with Gasteiger partial charge in [-0.25, -0.2) is 0 Å². The molecule has 0 bridgehead atoms. The fourth-order valence-electron chi connectivity index (χ4n) is 2.14. The number of benzene rings is 2. The standard InChI is InChI=1S/C18H21ClO/c1-4-13(2)16-6-8-17(9-7-16)20-18-10-5-15(12-19)11-14(18)3/h5-11,13H,4,12H2,1-3H3. The monoisotopic (exact) mass is 288 g/mol. The molecule has 0 heterocycles. The summed E-state index contributed by atoms with van der Waals surface area (Å²) in [5, 5.41) is 0. The van der Waals surface area contributed by atoms with Crippen LogP contribution < -0.4 is 4.74 Å². The van der Waals surface area contributed by atoms with Gasteiger partial charge in [0.15, 0.2) is 0 Å². The van der Waals surface area contributed by atoms with E-state index in [2.05, 4.69) is 32.0 Å². The Morgan fingerprint density at radius 2 is 1.80 bits per heavy atom. The molecular weight excluding hydrogens is 268 g/mol. The van der Waals surface area contributed by atoms with Crippen LogP contribution in [-0.2, 0) is 5.88 Å². The maximum atomic E-state index is 5.93. The molecule has 2 rings (SSSR count). The highest BCUT2D eigenvalue weighted by atomic mass is 35.5. The molecule has 0 amide bonds. The van der Waals surface area contributed by atoms with Gasteiger partial charge in [0.2, 0.25) is 0 Å². The number of hydrogen-bond acceptors (Lipinski definition) is 1. The first-order valence-electron chi connectivity index (χ1n) is 7.07. The van der Waals surface area contributed by atoms with Gasteiger partial charge in [0.1, 0.15) is 11.5 Å². The van der Waals surface area contributed by atoms with E-state index in [4.69, 9.17) is 16.3 Å². The number of ether oxygens (including phenoxy) is 1. The maximum Gasteiger partial charge on any atom is 0.130 e. The Bertz CT molecular complexity index is 560. The molecule has 20 heavy (non-hydrogen) atoms. The highest BCUT2D eigenvalue weighted by molar-refractivity contribution is 6.17. The molecule has 1 atom stereocenters. The third-order valence-electron chi connectivity index (χ3n) is 3.68. The van der Waals surface area contributed by atoms with Gasteiger partial charge < -0.3 is 4.74 Å². The molecule has 2 heteroatoms. The third-order valence-corrected chi connectivity index (χ3v) is 3.99. The van der Waals surface area contributed by atoms with Gasteiger partial charge in [-0.15, -0.1) is 11.6 Å². The molecule has 0 spiro atoms. The van der Waals surface area contributed by atoms with Crippen LogP contribution in [0.4, 0.5) is 0 Å². The fraction of sp³-hybridized carbons (Fsp3) is 0.333. The lowest BCUT2D eigenvalue weighted by Crippen LogP contribution is -1.92. The molecule has 2 aromatic rings. The molecule has 1 nitrogen and oxygen atoms in total. The summed E-state index contributed by atoms with van der Waals surface area (Å²) in [7, 11) is 0. The Morgan fingerprint density at radius 3 is 2.35 bits per heavy atom. The van der Waals surface area contributed by atoms with E-state index >= 15 is 0 Å². The second-order valence-corrected chi connectivity index (χ2v) is 5.48. The van der Waals surface area contributed by atoms with Gasteiger partial charge in [-0.1, -0.05) is 38.1 Å². The van der Waals surface area contributed by atoms with Crippen LogP contribution >= 0.6 is 11.6 Å². The highest BCUT2D eigenvalue weighted by Crippen LogP contribution is 2.28. The molecule has 0 saturated carbocycles. The van der Waals surface area contributed by atoms with E-state index in [0.717, 1.165) is 29.0 Å². The average Bonchev–Trinajstić information content (AvgIpc) is 2.49. The largest absolute Gasteiger partial charge is 0.457 e. The number of rotatable bonds is 5. The van der Waals surface area contributed by atoms with Crippen molar-refractivity contribution in [2.75, 3.05) is 0 Å². The second-order valence-electron chi connectivity index (χ2n) is 5.21. The minimum Gasteiger partial charge on any atom is -0.457 e. The lowest BCUT2D eigenvalue weighted by molar-refractivity contribution is 0.478. The van der Waals surface area contributed by atoms with Crippen molar-refractivity contribution in [3.8, 4) is 11.5 Å². The SMILES string of the molecule is CCC(C)c1ccc(Oc2ccc(CCl)cc2C)cc1. The topological polar surface area (TPSA) is 9.23 Å². The molecule has 0 saturated heterocycles. The van der Waals surface area contributed by atoms with Crippen molar-refractivity contribution in [3.63, 3.8) is 0 Å². The van der Waals surface area contributed by atoms with Gasteiger partial charge in [0.25, 0.3) is 0 Å². The summed E-state index contributed by atoms with van der Waals surface area (Å²) in [4.78, 5) is 0. The van der Waals surface area contributed by atoms with E-state index in [1.54, 1.807) is 0 Å². The Kier molecular flexibility index (Phi) is 5.08. The molecule has 0 aliphatic carbocycles. The molecule has 0 radical (unpaired) electrons. The van der Waals surface area contributed by atoms with Crippen molar-refractivity contribution >= 4 is 11.6 Å². The Morgan fingerprint density at radius 1 is 1.10 bits per heavy atom. The van der Waals surface area contributed by atoms with Crippen LogP contribution in [0.5, 0.6) is 11.5 Å². The van der Waals surface area contributed by atoms with Gasteiger partial charge in [-0.2, -0.15) is 0 Å². The third kappa shape index (κ3) is 3.55. The Hall–Kier alpha value is -1.47. The summed E-state index contributed by atoms with van der Waals surface area (Å²) in [6.45, 7) is 6.49.